The van der Waals surface area contributed by atoms with Gasteiger partial charge in [0.25, 0.3) is 0 Å². The van der Waals surface area contributed by atoms with Crippen LogP contribution < -0.4 is 5.32 Å². The highest BCUT2D eigenvalue weighted by Crippen LogP contribution is 2.27. The molecule has 0 atom stereocenters. The Bertz CT molecular complexity index is 938. The van der Waals surface area contributed by atoms with Crippen molar-refractivity contribution in [3.05, 3.63) is 41.1 Å². The highest BCUT2D eigenvalue weighted by atomic mass is 16.2. The lowest BCUT2D eigenvalue weighted by atomic mass is 9.92. The standard InChI is InChI=1S/C26H40N4O2/c1-9-10-11-14-29(25(32)18(2)3)17-24(31)27-23-16-22(26(6,7)8)28-30(23)21-13-12-19(4)15-20(21)5/h12-13,15-16,18H,9-11,14,17H2,1-8H3,(H,27,31). The van der Waals surface area contributed by atoms with Crippen molar-refractivity contribution in [2.75, 3.05) is 18.4 Å². The number of anilines is 1. The van der Waals surface area contributed by atoms with Crippen LogP contribution in [0.1, 0.15) is 77.6 Å². The summed E-state index contributed by atoms with van der Waals surface area (Å²) in [4.78, 5) is 27.4. The number of carbonyl (C=O) groups is 2. The fourth-order valence-corrected chi connectivity index (χ4v) is 3.60. The first kappa shape index (κ1) is 25.6. The predicted octanol–water partition coefficient (Wildman–Crippen LogP) is 5.40. The predicted molar refractivity (Wildman–Crippen MR) is 131 cm³/mol. The molecule has 0 unspecified atom stereocenters. The second-order valence-corrected chi connectivity index (χ2v) is 10.0. The number of unbranched alkanes of at least 4 members (excludes halogenated alkanes) is 2. The van der Waals surface area contributed by atoms with Gasteiger partial charge in [0.1, 0.15) is 5.82 Å². The lowest BCUT2D eigenvalue weighted by Crippen LogP contribution is -2.41. The second-order valence-electron chi connectivity index (χ2n) is 10.0. The van der Waals surface area contributed by atoms with Crippen LogP contribution in [0.25, 0.3) is 5.69 Å². The number of benzene rings is 1. The highest BCUT2D eigenvalue weighted by molar-refractivity contribution is 5.94. The van der Waals surface area contributed by atoms with Crippen molar-refractivity contribution in [1.29, 1.82) is 0 Å². The van der Waals surface area contributed by atoms with Gasteiger partial charge in [-0.25, -0.2) is 4.68 Å². The molecule has 1 N–H and O–H groups in total. The van der Waals surface area contributed by atoms with Crippen LogP contribution in [0.5, 0.6) is 0 Å². The molecule has 0 aliphatic carbocycles. The first-order valence-electron chi connectivity index (χ1n) is 11.7. The molecule has 32 heavy (non-hydrogen) atoms. The van der Waals surface area contributed by atoms with Crippen molar-refractivity contribution >= 4 is 17.6 Å². The zero-order valence-electron chi connectivity index (χ0n) is 21.1. The third kappa shape index (κ3) is 6.68. The number of rotatable bonds is 9. The zero-order valence-corrected chi connectivity index (χ0v) is 21.1. The van der Waals surface area contributed by atoms with E-state index in [4.69, 9.17) is 5.10 Å². The summed E-state index contributed by atoms with van der Waals surface area (Å²) in [5.41, 5.74) is 3.92. The maximum absolute atomic E-state index is 13.0. The molecular formula is C26H40N4O2. The van der Waals surface area contributed by atoms with Crippen molar-refractivity contribution < 1.29 is 9.59 Å². The number of hydrogen-bond donors (Lipinski definition) is 1. The third-order valence-corrected chi connectivity index (χ3v) is 5.50. The summed E-state index contributed by atoms with van der Waals surface area (Å²) in [6, 6.07) is 8.11. The van der Waals surface area contributed by atoms with Crippen LogP contribution in [0, 0.1) is 19.8 Å². The summed E-state index contributed by atoms with van der Waals surface area (Å²) >= 11 is 0. The molecule has 0 bridgehead atoms. The molecule has 2 amide bonds. The topological polar surface area (TPSA) is 67.2 Å². The largest absolute Gasteiger partial charge is 0.333 e. The number of hydrogen-bond acceptors (Lipinski definition) is 3. The normalized spacial score (nSPS) is 11.7. The summed E-state index contributed by atoms with van der Waals surface area (Å²) in [5.74, 6) is 0.284. The lowest BCUT2D eigenvalue weighted by molar-refractivity contribution is -0.137. The van der Waals surface area contributed by atoms with Gasteiger partial charge in [-0.05, 0) is 31.9 Å². The Morgan fingerprint density at radius 2 is 1.81 bits per heavy atom. The summed E-state index contributed by atoms with van der Waals surface area (Å²) in [5, 5.41) is 7.85. The molecule has 0 radical (unpaired) electrons. The maximum Gasteiger partial charge on any atom is 0.245 e. The minimum absolute atomic E-state index is 0.00882. The Morgan fingerprint density at radius 3 is 2.38 bits per heavy atom. The van der Waals surface area contributed by atoms with Crippen LogP contribution in [-0.2, 0) is 15.0 Å². The van der Waals surface area contributed by atoms with Crippen LogP contribution in [-0.4, -0.2) is 39.6 Å². The minimum Gasteiger partial charge on any atom is -0.333 e. The SMILES string of the molecule is CCCCCN(CC(=O)Nc1cc(C(C)(C)C)nn1-c1ccc(C)cc1C)C(=O)C(C)C. The van der Waals surface area contributed by atoms with E-state index in [1.54, 1.807) is 9.58 Å². The van der Waals surface area contributed by atoms with Crippen molar-refractivity contribution in [1.82, 2.24) is 14.7 Å². The van der Waals surface area contributed by atoms with Gasteiger partial charge in [-0.3, -0.25) is 9.59 Å². The van der Waals surface area contributed by atoms with Crippen molar-refractivity contribution in [2.24, 2.45) is 5.92 Å². The highest BCUT2D eigenvalue weighted by Gasteiger charge is 2.24. The second kappa shape index (κ2) is 10.8. The fourth-order valence-electron chi connectivity index (χ4n) is 3.60. The van der Waals surface area contributed by atoms with E-state index in [0.717, 1.165) is 36.2 Å². The number of amides is 2. The smallest absolute Gasteiger partial charge is 0.245 e. The molecule has 1 heterocycles. The Hall–Kier alpha value is -2.63. The summed E-state index contributed by atoms with van der Waals surface area (Å²) in [7, 11) is 0. The minimum atomic E-state index is -0.207. The number of aromatic nitrogens is 2. The number of nitrogens with zero attached hydrogens (tertiary/aromatic N) is 3. The van der Waals surface area contributed by atoms with Gasteiger partial charge in [-0.15, -0.1) is 0 Å². The zero-order chi connectivity index (χ0) is 24.1. The molecule has 2 rings (SSSR count). The Kier molecular flexibility index (Phi) is 8.65. The van der Waals surface area contributed by atoms with E-state index in [1.165, 1.54) is 5.56 Å². The average Bonchev–Trinajstić information content (AvgIpc) is 3.10. The molecule has 6 nitrogen and oxygen atoms in total. The van der Waals surface area contributed by atoms with E-state index in [0.29, 0.717) is 12.4 Å². The van der Waals surface area contributed by atoms with Crippen LogP contribution in [0.4, 0.5) is 5.82 Å². The first-order chi connectivity index (χ1) is 14.9. The molecular weight excluding hydrogens is 400 g/mol. The third-order valence-electron chi connectivity index (χ3n) is 5.50. The Balaban J connectivity index is 2.32. The van der Waals surface area contributed by atoms with Crippen molar-refractivity contribution in [2.45, 2.75) is 80.1 Å². The van der Waals surface area contributed by atoms with E-state index < -0.39 is 0 Å². The molecule has 1 aromatic carbocycles. The first-order valence-corrected chi connectivity index (χ1v) is 11.7. The summed E-state index contributed by atoms with van der Waals surface area (Å²) < 4.78 is 1.80. The summed E-state index contributed by atoms with van der Waals surface area (Å²) in [6.45, 7) is 16.9. The van der Waals surface area contributed by atoms with E-state index in [-0.39, 0.29) is 29.7 Å². The average molecular weight is 441 g/mol. The quantitative estimate of drug-likeness (QED) is 0.531. The Morgan fingerprint density at radius 1 is 1.12 bits per heavy atom. The summed E-state index contributed by atoms with van der Waals surface area (Å²) in [6.07, 6.45) is 3.01. The molecule has 0 fully saturated rings. The van der Waals surface area contributed by atoms with Crippen LogP contribution in [0.3, 0.4) is 0 Å². The van der Waals surface area contributed by atoms with E-state index in [9.17, 15) is 9.59 Å². The van der Waals surface area contributed by atoms with Crippen molar-refractivity contribution in [3.63, 3.8) is 0 Å². The number of carbonyl (C=O) groups excluding carboxylic acids is 2. The molecule has 0 spiro atoms. The van der Waals surface area contributed by atoms with Gasteiger partial charge in [0.2, 0.25) is 11.8 Å². The molecule has 0 saturated carbocycles. The van der Waals surface area contributed by atoms with Gasteiger partial charge in [0, 0.05) is 23.9 Å². The molecule has 2 aromatic rings. The van der Waals surface area contributed by atoms with Gasteiger partial charge >= 0.3 is 0 Å². The van der Waals surface area contributed by atoms with Gasteiger partial charge < -0.3 is 10.2 Å². The fraction of sp³-hybridized carbons (Fsp3) is 0.577. The van der Waals surface area contributed by atoms with Crippen LogP contribution in [0.2, 0.25) is 0 Å². The molecule has 176 valence electrons. The van der Waals surface area contributed by atoms with Gasteiger partial charge in [0.05, 0.1) is 17.9 Å². The van der Waals surface area contributed by atoms with E-state index >= 15 is 0 Å². The van der Waals surface area contributed by atoms with Crippen molar-refractivity contribution in [3.8, 4) is 5.69 Å². The Labute approximate surface area is 193 Å². The van der Waals surface area contributed by atoms with Crippen LogP contribution >= 0.6 is 0 Å². The van der Waals surface area contributed by atoms with Gasteiger partial charge in [-0.1, -0.05) is 72.1 Å². The molecule has 0 saturated heterocycles. The van der Waals surface area contributed by atoms with E-state index in [2.05, 4.69) is 46.0 Å². The number of aryl methyl sites for hydroxylation is 2. The molecule has 6 heteroatoms. The van der Waals surface area contributed by atoms with Crippen LogP contribution in [0.15, 0.2) is 24.3 Å². The van der Waals surface area contributed by atoms with E-state index in [1.807, 2.05) is 39.0 Å². The van der Waals surface area contributed by atoms with Gasteiger partial charge in [0.15, 0.2) is 0 Å². The lowest BCUT2D eigenvalue weighted by Gasteiger charge is -2.24. The monoisotopic (exact) mass is 440 g/mol. The molecule has 0 aliphatic heterocycles. The maximum atomic E-state index is 13.0. The number of nitrogens with one attached hydrogen (secondary N) is 1. The molecule has 1 aromatic heterocycles. The van der Waals surface area contributed by atoms with Gasteiger partial charge in [-0.2, -0.15) is 5.10 Å². The molecule has 0 aliphatic rings.